The summed E-state index contributed by atoms with van der Waals surface area (Å²) in [5.41, 5.74) is 2.78. The molecule has 0 radical (unpaired) electrons. The van der Waals surface area contributed by atoms with Gasteiger partial charge in [0.2, 0.25) is 0 Å². The molecule has 0 spiro atoms. The predicted octanol–water partition coefficient (Wildman–Crippen LogP) is 2.82. The summed E-state index contributed by atoms with van der Waals surface area (Å²) in [6.45, 7) is 3.52. The smallest absolute Gasteiger partial charge is 0.0397 e. The van der Waals surface area contributed by atoms with Crippen molar-refractivity contribution >= 4 is 5.69 Å². The summed E-state index contributed by atoms with van der Waals surface area (Å²) in [7, 11) is 2.27. The van der Waals surface area contributed by atoms with Crippen LogP contribution in [0.5, 0.6) is 0 Å². The normalized spacial score (nSPS) is 28.8. The first-order chi connectivity index (χ1) is 10.3. The van der Waals surface area contributed by atoms with E-state index >= 15 is 0 Å². The Balaban J connectivity index is 1.59. The number of anilines is 1. The summed E-state index contributed by atoms with van der Waals surface area (Å²) >= 11 is 0. The zero-order valence-electron chi connectivity index (χ0n) is 12.4. The predicted molar refractivity (Wildman–Crippen MR) is 85.2 cm³/mol. The lowest BCUT2D eigenvalue weighted by Gasteiger charge is -2.27. The Morgan fingerprint density at radius 1 is 0.952 bits per heavy atom. The SMILES string of the molecule is CN1C[C@H]2CN(c3ccncc3)C[C@H]2[C@@H]1c1ccccc1. The van der Waals surface area contributed by atoms with E-state index in [0.29, 0.717) is 6.04 Å². The van der Waals surface area contributed by atoms with Crippen molar-refractivity contribution in [3.8, 4) is 0 Å². The van der Waals surface area contributed by atoms with Crippen molar-refractivity contribution in [2.24, 2.45) is 11.8 Å². The summed E-state index contributed by atoms with van der Waals surface area (Å²) in [5.74, 6) is 1.50. The molecule has 0 amide bonds. The van der Waals surface area contributed by atoms with Gasteiger partial charge in [-0.15, -0.1) is 0 Å². The number of fused-ring (bicyclic) bond motifs is 1. The van der Waals surface area contributed by atoms with Crippen LogP contribution >= 0.6 is 0 Å². The molecule has 2 fully saturated rings. The molecule has 108 valence electrons. The van der Waals surface area contributed by atoms with E-state index < -0.39 is 0 Å². The first-order valence-electron chi connectivity index (χ1n) is 7.73. The number of likely N-dealkylation sites (tertiary alicyclic amines) is 1. The molecule has 0 N–H and O–H groups in total. The van der Waals surface area contributed by atoms with E-state index in [1.165, 1.54) is 24.3 Å². The van der Waals surface area contributed by atoms with Crippen LogP contribution in [0.4, 0.5) is 5.69 Å². The van der Waals surface area contributed by atoms with Crippen molar-refractivity contribution in [2.75, 3.05) is 31.6 Å². The molecule has 3 nitrogen and oxygen atoms in total. The molecule has 2 saturated heterocycles. The number of hydrogen-bond donors (Lipinski definition) is 0. The van der Waals surface area contributed by atoms with Crippen molar-refractivity contribution in [3.05, 3.63) is 60.4 Å². The molecule has 2 aromatic rings. The second-order valence-corrected chi connectivity index (χ2v) is 6.33. The minimum Gasteiger partial charge on any atom is -0.371 e. The van der Waals surface area contributed by atoms with Crippen molar-refractivity contribution < 1.29 is 0 Å². The minimum absolute atomic E-state index is 0.558. The van der Waals surface area contributed by atoms with Gasteiger partial charge in [0.1, 0.15) is 0 Å². The minimum atomic E-state index is 0.558. The van der Waals surface area contributed by atoms with Gasteiger partial charge in [0, 0.05) is 49.7 Å². The van der Waals surface area contributed by atoms with Gasteiger partial charge < -0.3 is 4.90 Å². The number of rotatable bonds is 2. The number of nitrogens with zero attached hydrogens (tertiary/aromatic N) is 3. The molecule has 3 atom stereocenters. The van der Waals surface area contributed by atoms with Crippen LogP contribution < -0.4 is 4.90 Å². The van der Waals surface area contributed by atoms with Crippen molar-refractivity contribution in [2.45, 2.75) is 6.04 Å². The van der Waals surface area contributed by atoms with Crippen molar-refractivity contribution in [1.29, 1.82) is 0 Å². The third-order valence-corrected chi connectivity index (χ3v) is 5.06. The Morgan fingerprint density at radius 2 is 1.71 bits per heavy atom. The molecule has 1 aromatic carbocycles. The maximum Gasteiger partial charge on any atom is 0.0397 e. The van der Waals surface area contributed by atoms with E-state index in [0.717, 1.165) is 18.4 Å². The highest BCUT2D eigenvalue weighted by Gasteiger charge is 2.46. The van der Waals surface area contributed by atoms with Crippen LogP contribution in [0.3, 0.4) is 0 Å². The van der Waals surface area contributed by atoms with Gasteiger partial charge in [-0.2, -0.15) is 0 Å². The fraction of sp³-hybridized carbons (Fsp3) is 0.389. The van der Waals surface area contributed by atoms with Crippen LogP contribution in [-0.4, -0.2) is 36.6 Å². The second-order valence-electron chi connectivity index (χ2n) is 6.33. The lowest BCUT2D eigenvalue weighted by Crippen LogP contribution is -2.29. The summed E-state index contributed by atoms with van der Waals surface area (Å²) in [5, 5.41) is 0. The summed E-state index contributed by atoms with van der Waals surface area (Å²) in [4.78, 5) is 9.19. The molecule has 21 heavy (non-hydrogen) atoms. The van der Waals surface area contributed by atoms with Crippen LogP contribution in [0.25, 0.3) is 0 Å². The molecular weight excluding hydrogens is 258 g/mol. The van der Waals surface area contributed by atoms with Crippen LogP contribution in [0.15, 0.2) is 54.9 Å². The first kappa shape index (κ1) is 12.8. The highest BCUT2D eigenvalue weighted by Crippen LogP contribution is 2.44. The van der Waals surface area contributed by atoms with E-state index in [-0.39, 0.29) is 0 Å². The van der Waals surface area contributed by atoms with Gasteiger partial charge in [-0.1, -0.05) is 30.3 Å². The average Bonchev–Trinajstić information content (AvgIpc) is 3.05. The third-order valence-electron chi connectivity index (χ3n) is 5.06. The first-order valence-corrected chi connectivity index (χ1v) is 7.73. The van der Waals surface area contributed by atoms with E-state index in [1.54, 1.807) is 0 Å². The Bertz CT molecular complexity index is 598. The molecule has 1 aromatic heterocycles. The van der Waals surface area contributed by atoms with Gasteiger partial charge >= 0.3 is 0 Å². The Kier molecular flexibility index (Phi) is 3.15. The van der Waals surface area contributed by atoms with Crippen LogP contribution in [-0.2, 0) is 0 Å². The zero-order chi connectivity index (χ0) is 14.2. The highest BCUT2D eigenvalue weighted by molar-refractivity contribution is 5.46. The number of aromatic nitrogens is 1. The Hall–Kier alpha value is -1.87. The molecule has 3 heteroatoms. The molecule has 0 aliphatic carbocycles. The zero-order valence-corrected chi connectivity index (χ0v) is 12.4. The number of pyridine rings is 1. The second kappa shape index (κ2) is 5.15. The van der Waals surface area contributed by atoms with Gasteiger partial charge in [0.25, 0.3) is 0 Å². The summed E-state index contributed by atoms with van der Waals surface area (Å²) in [6, 6.07) is 15.8. The lowest BCUT2D eigenvalue weighted by molar-refractivity contribution is 0.280. The monoisotopic (exact) mass is 279 g/mol. The maximum atomic E-state index is 4.13. The largest absolute Gasteiger partial charge is 0.371 e. The molecule has 2 aliphatic rings. The van der Waals surface area contributed by atoms with Crippen LogP contribution in [0.2, 0.25) is 0 Å². The van der Waals surface area contributed by atoms with Gasteiger partial charge in [0.15, 0.2) is 0 Å². The fourth-order valence-corrected chi connectivity index (χ4v) is 4.18. The Labute approximate surface area is 126 Å². The van der Waals surface area contributed by atoms with Crippen LogP contribution in [0, 0.1) is 11.8 Å². The number of hydrogen-bond acceptors (Lipinski definition) is 3. The maximum absolute atomic E-state index is 4.13. The van der Waals surface area contributed by atoms with E-state index in [1.807, 2.05) is 12.4 Å². The number of benzene rings is 1. The molecule has 0 saturated carbocycles. The van der Waals surface area contributed by atoms with E-state index in [4.69, 9.17) is 0 Å². The standard InChI is InChI=1S/C18H21N3/c1-20-11-15-12-21(16-7-9-19-10-8-16)13-17(15)18(20)14-5-3-2-4-6-14/h2-10,15,17-18H,11-13H2,1H3/t15-,17+,18-/m0/s1. The van der Waals surface area contributed by atoms with E-state index in [2.05, 4.69) is 64.3 Å². The Morgan fingerprint density at radius 3 is 2.48 bits per heavy atom. The topological polar surface area (TPSA) is 19.4 Å². The van der Waals surface area contributed by atoms with Gasteiger partial charge in [-0.25, -0.2) is 0 Å². The highest BCUT2D eigenvalue weighted by atomic mass is 15.2. The average molecular weight is 279 g/mol. The summed E-state index contributed by atoms with van der Waals surface area (Å²) < 4.78 is 0. The fourth-order valence-electron chi connectivity index (χ4n) is 4.18. The molecule has 0 bridgehead atoms. The quantitative estimate of drug-likeness (QED) is 0.842. The lowest BCUT2D eigenvalue weighted by atomic mass is 9.90. The van der Waals surface area contributed by atoms with Gasteiger partial charge in [-0.05, 0) is 30.7 Å². The summed E-state index contributed by atoms with van der Waals surface area (Å²) in [6.07, 6.45) is 3.79. The molecule has 3 heterocycles. The van der Waals surface area contributed by atoms with Crippen molar-refractivity contribution in [3.63, 3.8) is 0 Å². The van der Waals surface area contributed by atoms with Gasteiger partial charge in [0.05, 0.1) is 0 Å². The molecular formula is C18H21N3. The third kappa shape index (κ3) is 2.22. The van der Waals surface area contributed by atoms with Gasteiger partial charge in [-0.3, -0.25) is 9.88 Å². The molecule has 2 aliphatic heterocycles. The van der Waals surface area contributed by atoms with Crippen LogP contribution in [0.1, 0.15) is 11.6 Å². The molecule has 0 unspecified atom stereocenters. The van der Waals surface area contributed by atoms with E-state index in [9.17, 15) is 0 Å². The van der Waals surface area contributed by atoms with Crippen molar-refractivity contribution in [1.82, 2.24) is 9.88 Å². The molecule has 4 rings (SSSR count).